The molecule has 0 heterocycles. The van der Waals surface area contributed by atoms with E-state index in [1.165, 1.54) is 0 Å². The Labute approximate surface area is 237 Å². The largest absolute Gasteiger partial charge is 1.00 e. The molecule has 0 aromatic heterocycles. The van der Waals surface area contributed by atoms with Gasteiger partial charge in [0, 0.05) is 0 Å². The average Bonchev–Trinajstić information content (AvgIpc) is 1.41. The van der Waals surface area contributed by atoms with E-state index >= 15 is 0 Å². The minimum Gasteiger partial charge on any atom is -0.790 e. The summed E-state index contributed by atoms with van der Waals surface area (Å²) in [5, 5.41) is 0. The Morgan fingerprint density at radius 3 is 0.579 bits per heavy atom. The molecule has 0 amide bonds. The maximum atomic E-state index is 8.77. The van der Waals surface area contributed by atoms with Crippen molar-refractivity contribution in [2.24, 2.45) is 0 Å². The second-order valence-corrected chi connectivity index (χ2v) is 4.35. The van der Waals surface area contributed by atoms with Gasteiger partial charge in [-0.3, -0.25) is 9.13 Å². The van der Waals surface area contributed by atoms with Crippen LogP contribution in [0.5, 0.6) is 0 Å². The van der Waals surface area contributed by atoms with Gasteiger partial charge in [0.25, 0.3) is 15.6 Å². The molecule has 0 radical (unpaired) electrons. The van der Waals surface area contributed by atoms with Gasteiger partial charge in [-0.25, -0.2) is 0 Å². The van der Waals surface area contributed by atoms with Crippen LogP contribution in [-0.2, 0) is 13.7 Å². The van der Waals surface area contributed by atoms with Crippen molar-refractivity contribution in [2.75, 3.05) is 0 Å². The summed E-state index contributed by atoms with van der Waals surface area (Å²) in [6.45, 7) is 0. The molecule has 0 atom stereocenters. The van der Waals surface area contributed by atoms with Gasteiger partial charge in [0.1, 0.15) is 0 Å². The minimum atomic E-state index is -5.14. The van der Waals surface area contributed by atoms with Gasteiger partial charge in [-0.05, 0) is 0 Å². The first-order valence-electron chi connectivity index (χ1n) is 2.28. The first-order chi connectivity index (χ1) is 6.00. The summed E-state index contributed by atoms with van der Waals surface area (Å²) < 4.78 is 26.2. The molecule has 0 unspecified atom stereocenters. The summed E-state index contributed by atoms with van der Waals surface area (Å²) in [5.74, 6) is 0. The van der Waals surface area contributed by atoms with Gasteiger partial charge in [-0.1, -0.05) is 0 Å². The van der Waals surface area contributed by atoms with E-state index in [2.05, 4.69) is 0 Å². The summed E-state index contributed by atoms with van der Waals surface area (Å²) >= 11 is 0. The quantitative estimate of drug-likeness (QED) is 0.183. The zero-order valence-electron chi connectivity index (χ0n) is 10.4. The molecule has 0 aliphatic carbocycles. The summed E-state index contributed by atoms with van der Waals surface area (Å²) in [6, 6.07) is 0. The fraction of sp³-hybridized carbons (Fsp3) is 0. The van der Waals surface area contributed by atoms with Crippen LogP contribution in [0.15, 0.2) is 0 Å². The Kier molecular flexibility index (Phi) is 50.4. The summed E-state index contributed by atoms with van der Waals surface area (Å²) in [4.78, 5) is 70.1. The molecule has 0 aliphatic heterocycles. The van der Waals surface area contributed by atoms with E-state index in [1.807, 2.05) is 0 Å². The van der Waals surface area contributed by atoms with Crippen LogP contribution in [0.3, 0.4) is 0 Å². The Balaban J connectivity index is -0.0000000206. The second-order valence-electron chi connectivity index (χ2n) is 1.45. The molecule has 0 rings (SSSR count). The van der Waals surface area contributed by atoms with Gasteiger partial charge in [-0.2, -0.15) is 0 Å². The zero-order chi connectivity index (χ0) is 13.5. The van der Waals surface area contributed by atoms with Crippen molar-refractivity contribution >= 4 is 23.5 Å². The van der Waals surface area contributed by atoms with Gasteiger partial charge in [-0.15, -0.1) is 0 Å². The van der Waals surface area contributed by atoms with E-state index in [-0.39, 0.29) is 162 Å². The zero-order valence-corrected chi connectivity index (χ0v) is 23.4. The van der Waals surface area contributed by atoms with Crippen LogP contribution in [0.4, 0.5) is 0 Å². The van der Waals surface area contributed by atoms with Crippen molar-refractivity contribution < 1.29 is 220 Å². The Morgan fingerprint density at radius 1 is 0.579 bits per heavy atom. The molecule has 19 heavy (non-hydrogen) atoms. The number of rotatable bonds is 0. The predicted molar refractivity (Wildman–Crippen MR) is 33.9 cm³/mol. The maximum Gasteiger partial charge on any atom is 1.00 e. The molecule has 0 aromatic carbocycles. The molecule has 0 bridgehead atoms. The number of hydrogen-bond acceptors (Lipinski definition) is 7. The van der Waals surface area contributed by atoms with Crippen molar-refractivity contribution in [1.82, 2.24) is 0 Å². The number of phosphoric acid groups is 3. The topological polar surface area (TPSA) is 245 Å². The Morgan fingerprint density at radius 2 is 0.579 bits per heavy atom. The summed E-state index contributed by atoms with van der Waals surface area (Å²) in [5.41, 5.74) is 0. The Hall–Kier alpha value is 5.60. The standard InChI is InChI=1S/2K.2Na.3H3O4P/c;;;;3*1-5(2,3)4/h;;;;3*(H3,1,2,3,4)/q4*+1;;;/p-4. The molecule has 0 saturated carbocycles. The summed E-state index contributed by atoms with van der Waals surface area (Å²) in [6.07, 6.45) is 0. The first-order valence-corrected chi connectivity index (χ1v) is 6.83. The molecule has 0 saturated heterocycles. The smallest absolute Gasteiger partial charge is 0.790 e. The van der Waals surface area contributed by atoms with Crippen LogP contribution < -0.4 is 181 Å². The van der Waals surface area contributed by atoms with Crippen molar-refractivity contribution in [1.29, 1.82) is 0 Å². The van der Waals surface area contributed by atoms with Crippen LogP contribution in [0.2, 0.25) is 0 Å². The molecular weight excluding hydrogens is 409 g/mol. The van der Waals surface area contributed by atoms with Gasteiger partial charge < -0.3 is 48.6 Å². The van der Waals surface area contributed by atoms with Crippen molar-refractivity contribution in [3.05, 3.63) is 0 Å². The van der Waals surface area contributed by atoms with Gasteiger partial charge in [0.15, 0.2) is 0 Å². The van der Waals surface area contributed by atoms with Crippen LogP contribution in [0.25, 0.3) is 0 Å². The van der Waals surface area contributed by atoms with E-state index < -0.39 is 23.5 Å². The van der Waals surface area contributed by atoms with Crippen LogP contribution in [-0.4, -0.2) is 24.5 Å². The third-order valence-corrected chi connectivity index (χ3v) is 0. The SMILES string of the molecule is O=P([O-])(O)O.O=P([O-])(O)O.O=P([O-])([O-])O.[K+].[K+].[Na+].[Na+]. The van der Waals surface area contributed by atoms with Gasteiger partial charge in [0.05, 0.1) is 7.82 Å². The van der Waals surface area contributed by atoms with E-state index in [4.69, 9.17) is 57.7 Å². The third-order valence-electron chi connectivity index (χ3n) is 0. The van der Waals surface area contributed by atoms with Crippen molar-refractivity contribution in [3.63, 3.8) is 0 Å². The fourth-order valence-corrected chi connectivity index (χ4v) is 0. The van der Waals surface area contributed by atoms with Crippen LogP contribution >= 0.6 is 23.5 Å². The van der Waals surface area contributed by atoms with Crippen LogP contribution in [0.1, 0.15) is 0 Å². The van der Waals surface area contributed by atoms with E-state index in [9.17, 15) is 0 Å². The van der Waals surface area contributed by atoms with Crippen molar-refractivity contribution in [2.45, 2.75) is 0 Å². The molecule has 0 aliphatic rings. The molecule has 0 fully saturated rings. The molecular formula is H5K2Na2O12P3. The van der Waals surface area contributed by atoms with Crippen molar-refractivity contribution in [3.8, 4) is 0 Å². The Bertz CT molecular complexity index is 215. The second kappa shape index (κ2) is 21.6. The molecule has 12 nitrogen and oxygen atoms in total. The molecule has 19 heteroatoms. The van der Waals surface area contributed by atoms with Gasteiger partial charge >= 0.3 is 162 Å². The molecule has 96 valence electrons. The number of hydrogen-bond donors (Lipinski definition) is 5. The van der Waals surface area contributed by atoms with E-state index in [0.717, 1.165) is 0 Å². The summed E-state index contributed by atoms with van der Waals surface area (Å²) in [7, 11) is -14.9. The minimum absolute atomic E-state index is 0. The van der Waals surface area contributed by atoms with E-state index in [1.54, 1.807) is 0 Å². The van der Waals surface area contributed by atoms with Gasteiger partial charge in [0.2, 0.25) is 0 Å². The molecule has 5 N–H and O–H groups in total. The molecule has 0 spiro atoms. The average molecular weight is 414 g/mol. The fourth-order valence-electron chi connectivity index (χ4n) is 0. The predicted octanol–water partition coefficient (Wildman–Crippen LogP) is -17.3. The van der Waals surface area contributed by atoms with E-state index in [0.29, 0.717) is 0 Å². The first kappa shape index (κ1) is 44.2. The van der Waals surface area contributed by atoms with Crippen LogP contribution in [0, 0.1) is 0 Å². The normalized spacial score (nSPS) is 9.32. The third kappa shape index (κ3) is 351. The maximum absolute atomic E-state index is 8.77. The monoisotopic (exact) mass is 414 g/mol. The molecule has 0 aromatic rings.